The van der Waals surface area contributed by atoms with Crippen molar-refractivity contribution in [3.8, 4) is 0 Å². The van der Waals surface area contributed by atoms with Gasteiger partial charge in [0.1, 0.15) is 0 Å². The van der Waals surface area contributed by atoms with Crippen molar-refractivity contribution in [2.75, 3.05) is 26.2 Å². The molecule has 1 rings (SSSR count). The molecule has 1 aliphatic heterocycles. The molecule has 0 spiro atoms. The van der Waals surface area contributed by atoms with Crippen molar-refractivity contribution in [2.45, 2.75) is 39.8 Å². The SMILES string of the molecule is CC(C)NC(=O)N1CCN(C(C)C)CC1. The fourth-order valence-electron chi connectivity index (χ4n) is 1.78. The third-order valence-corrected chi connectivity index (χ3v) is 2.74. The topological polar surface area (TPSA) is 35.6 Å². The van der Waals surface area contributed by atoms with Crippen molar-refractivity contribution in [3.63, 3.8) is 0 Å². The standard InChI is InChI=1S/C11H23N3O/c1-9(2)12-11(15)14-7-5-13(6-8-14)10(3)4/h9-10H,5-8H2,1-4H3,(H,12,15). The number of amides is 2. The molecule has 0 unspecified atom stereocenters. The minimum atomic E-state index is 0.0772. The zero-order valence-electron chi connectivity index (χ0n) is 10.3. The molecule has 1 fully saturated rings. The van der Waals surface area contributed by atoms with E-state index in [4.69, 9.17) is 0 Å². The maximum absolute atomic E-state index is 11.7. The van der Waals surface area contributed by atoms with Crippen LogP contribution in [-0.4, -0.2) is 54.1 Å². The zero-order chi connectivity index (χ0) is 11.4. The average molecular weight is 213 g/mol. The highest BCUT2D eigenvalue weighted by Gasteiger charge is 2.22. The van der Waals surface area contributed by atoms with E-state index in [0.717, 1.165) is 26.2 Å². The highest BCUT2D eigenvalue weighted by Crippen LogP contribution is 2.05. The first-order valence-corrected chi connectivity index (χ1v) is 5.80. The van der Waals surface area contributed by atoms with Crippen LogP contribution in [-0.2, 0) is 0 Å². The Morgan fingerprint density at radius 2 is 1.60 bits per heavy atom. The van der Waals surface area contributed by atoms with E-state index in [9.17, 15) is 4.79 Å². The van der Waals surface area contributed by atoms with E-state index in [2.05, 4.69) is 24.1 Å². The first-order chi connectivity index (χ1) is 7.00. The summed E-state index contributed by atoms with van der Waals surface area (Å²) in [5.41, 5.74) is 0. The predicted molar refractivity (Wildman–Crippen MR) is 61.9 cm³/mol. The molecule has 1 N–H and O–H groups in total. The maximum atomic E-state index is 11.7. The molecule has 0 atom stereocenters. The van der Waals surface area contributed by atoms with Crippen LogP contribution in [0, 0.1) is 0 Å². The molecule has 0 aromatic heterocycles. The molecule has 15 heavy (non-hydrogen) atoms. The second kappa shape index (κ2) is 5.35. The average Bonchev–Trinajstić information content (AvgIpc) is 2.17. The van der Waals surface area contributed by atoms with Gasteiger partial charge in [-0.1, -0.05) is 0 Å². The molecular formula is C11H23N3O. The summed E-state index contributed by atoms with van der Waals surface area (Å²) in [6, 6.07) is 0.884. The summed E-state index contributed by atoms with van der Waals surface area (Å²) in [6.45, 7) is 12.0. The minimum absolute atomic E-state index is 0.0772. The third kappa shape index (κ3) is 3.70. The van der Waals surface area contributed by atoms with Gasteiger partial charge < -0.3 is 10.2 Å². The van der Waals surface area contributed by atoms with Crippen LogP contribution in [0.3, 0.4) is 0 Å². The number of urea groups is 1. The van der Waals surface area contributed by atoms with E-state index < -0.39 is 0 Å². The quantitative estimate of drug-likeness (QED) is 0.746. The molecule has 1 saturated heterocycles. The number of piperazine rings is 1. The molecule has 2 amide bonds. The van der Waals surface area contributed by atoms with Crippen LogP contribution in [0.5, 0.6) is 0 Å². The number of hydrogen-bond donors (Lipinski definition) is 1. The lowest BCUT2D eigenvalue weighted by Crippen LogP contribution is -2.54. The summed E-state index contributed by atoms with van der Waals surface area (Å²) in [4.78, 5) is 16.0. The Kier molecular flexibility index (Phi) is 4.39. The maximum Gasteiger partial charge on any atom is 0.317 e. The smallest absolute Gasteiger partial charge is 0.317 e. The third-order valence-electron chi connectivity index (χ3n) is 2.74. The lowest BCUT2D eigenvalue weighted by molar-refractivity contribution is 0.118. The molecule has 4 nitrogen and oxygen atoms in total. The fraction of sp³-hybridized carbons (Fsp3) is 0.909. The van der Waals surface area contributed by atoms with Crippen LogP contribution in [0.1, 0.15) is 27.7 Å². The van der Waals surface area contributed by atoms with Crippen LogP contribution < -0.4 is 5.32 Å². The molecule has 0 aromatic carbocycles. The van der Waals surface area contributed by atoms with Crippen LogP contribution in [0.2, 0.25) is 0 Å². The second-order valence-electron chi connectivity index (χ2n) is 4.72. The molecule has 0 aliphatic carbocycles. The number of nitrogens with zero attached hydrogens (tertiary/aromatic N) is 2. The summed E-state index contributed by atoms with van der Waals surface area (Å²) in [6.07, 6.45) is 0. The van der Waals surface area contributed by atoms with Gasteiger partial charge in [0.25, 0.3) is 0 Å². The molecule has 0 aromatic rings. The van der Waals surface area contributed by atoms with Crippen molar-refractivity contribution in [1.29, 1.82) is 0 Å². The van der Waals surface area contributed by atoms with E-state index >= 15 is 0 Å². The number of carbonyl (C=O) groups is 1. The van der Waals surface area contributed by atoms with Gasteiger partial charge in [-0.05, 0) is 27.7 Å². The summed E-state index contributed by atoms with van der Waals surface area (Å²) in [5.74, 6) is 0. The molecule has 1 aliphatic rings. The van der Waals surface area contributed by atoms with Crippen molar-refractivity contribution >= 4 is 6.03 Å². The number of hydrogen-bond acceptors (Lipinski definition) is 2. The van der Waals surface area contributed by atoms with E-state index in [-0.39, 0.29) is 12.1 Å². The highest BCUT2D eigenvalue weighted by atomic mass is 16.2. The van der Waals surface area contributed by atoms with Crippen molar-refractivity contribution in [3.05, 3.63) is 0 Å². The first-order valence-electron chi connectivity index (χ1n) is 5.80. The molecule has 0 saturated carbocycles. The summed E-state index contributed by atoms with van der Waals surface area (Å²) >= 11 is 0. The lowest BCUT2D eigenvalue weighted by atomic mass is 10.2. The van der Waals surface area contributed by atoms with E-state index in [1.807, 2.05) is 18.7 Å². The molecule has 88 valence electrons. The van der Waals surface area contributed by atoms with Gasteiger partial charge in [0.2, 0.25) is 0 Å². The van der Waals surface area contributed by atoms with Gasteiger partial charge in [0.05, 0.1) is 0 Å². The summed E-state index contributed by atoms with van der Waals surface area (Å²) < 4.78 is 0. The molecule has 4 heteroatoms. The van der Waals surface area contributed by atoms with Gasteiger partial charge in [0, 0.05) is 38.3 Å². The molecule has 0 radical (unpaired) electrons. The van der Waals surface area contributed by atoms with E-state index in [1.54, 1.807) is 0 Å². The van der Waals surface area contributed by atoms with Crippen LogP contribution in [0.4, 0.5) is 4.79 Å². The Morgan fingerprint density at radius 3 is 2.00 bits per heavy atom. The Bertz CT molecular complexity index is 208. The van der Waals surface area contributed by atoms with Crippen LogP contribution >= 0.6 is 0 Å². The number of carbonyl (C=O) groups excluding carboxylic acids is 1. The predicted octanol–water partition coefficient (Wildman–Crippen LogP) is 1.13. The van der Waals surface area contributed by atoms with Crippen molar-refractivity contribution in [2.24, 2.45) is 0 Å². The largest absolute Gasteiger partial charge is 0.336 e. The van der Waals surface area contributed by atoms with Gasteiger partial charge >= 0.3 is 6.03 Å². The van der Waals surface area contributed by atoms with Gasteiger partial charge in [-0.3, -0.25) is 4.90 Å². The Labute approximate surface area is 92.6 Å². The first kappa shape index (κ1) is 12.3. The summed E-state index contributed by atoms with van der Waals surface area (Å²) in [5, 5.41) is 2.92. The second-order valence-corrected chi connectivity index (χ2v) is 4.72. The van der Waals surface area contributed by atoms with Gasteiger partial charge in [-0.25, -0.2) is 4.79 Å². The van der Waals surface area contributed by atoms with Crippen LogP contribution in [0.15, 0.2) is 0 Å². The van der Waals surface area contributed by atoms with E-state index in [0.29, 0.717) is 6.04 Å². The Morgan fingerprint density at radius 1 is 1.07 bits per heavy atom. The van der Waals surface area contributed by atoms with Crippen LogP contribution in [0.25, 0.3) is 0 Å². The minimum Gasteiger partial charge on any atom is -0.336 e. The van der Waals surface area contributed by atoms with E-state index in [1.165, 1.54) is 0 Å². The van der Waals surface area contributed by atoms with Gasteiger partial charge in [-0.15, -0.1) is 0 Å². The zero-order valence-corrected chi connectivity index (χ0v) is 10.3. The summed E-state index contributed by atoms with van der Waals surface area (Å²) in [7, 11) is 0. The molecular weight excluding hydrogens is 190 g/mol. The number of rotatable bonds is 2. The van der Waals surface area contributed by atoms with Gasteiger partial charge in [0.15, 0.2) is 0 Å². The number of nitrogens with one attached hydrogen (secondary N) is 1. The highest BCUT2D eigenvalue weighted by molar-refractivity contribution is 5.74. The lowest BCUT2D eigenvalue weighted by Gasteiger charge is -2.37. The monoisotopic (exact) mass is 213 g/mol. The Balaban J connectivity index is 2.34. The Hall–Kier alpha value is -0.770. The fourth-order valence-corrected chi connectivity index (χ4v) is 1.78. The van der Waals surface area contributed by atoms with Crippen molar-refractivity contribution in [1.82, 2.24) is 15.1 Å². The normalized spacial score (nSPS) is 18.7. The van der Waals surface area contributed by atoms with Crippen molar-refractivity contribution < 1.29 is 4.79 Å². The molecule has 0 bridgehead atoms. The van der Waals surface area contributed by atoms with Gasteiger partial charge in [-0.2, -0.15) is 0 Å². The molecule has 1 heterocycles.